The summed E-state index contributed by atoms with van der Waals surface area (Å²) in [5.74, 6) is 0.650. The van der Waals surface area contributed by atoms with Crippen molar-refractivity contribution in [2.45, 2.75) is 19.8 Å². The molecule has 0 aliphatic carbocycles. The summed E-state index contributed by atoms with van der Waals surface area (Å²) < 4.78 is 4.90. The van der Waals surface area contributed by atoms with Crippen LogP contribution in [0.2, 0.25) is 0 Å². The van der Waals surface area contributed by atoms with Crippen LogP contribution in [0.3, 0.4) is 0 Å². The number of piperazine rings is 1. The van der Waals surface area contributed by atoms with Crippen molar-refractivity contribution in [2.75, 3.05) is 37.6 Å². The molecular formula is C18H25N3O. The van der Waals surface area contributed by atoms with Gasteiger partial charge in [-0.1, -0.05) is 30.3 Å². The molecule has 1 aliphatic rings. The lowest BCUT2D eigenvalue weighted by Crippen LogP contribution is -2.46. The first kappa shape index (κ1) is 15.1. The fraction of sp³-hybridized carbons (Fsp3) is 0.500. The van der Waals surface area contributed by atoms with Crippen LogP contribution in [0.4, 0.5) is 5.69 Å². The number of benzene rings is 1. The second kappa shape index (κ2) is 7.45. The monoisotopic (exact) mass is 299 g/mol. The van der Waals surface area contributed by atoms with Gasteiger partial charge in [0.15, 0.2) is 0 Å². The van der Waals surface area contributed by atoms with Gasteiger partial charge in [-0.25, -0.2) is 0 Å². The Labute approximate surface area is 132 Å². The Bertz CT molecular complexity index is 533. The normalized spacial score (nSPS) is 17.6. The summed E-state index contributed by atoms with van der Waals surface area (Å²) in [7, 11) is 0. The van der Waals surface area contributed by atoms with Crippen molar-refractivity contribution in [2.24, 2.45) is 5.92 Å². The standard InChI is InChI=1S/C18H25N3O/c1-16(15-17-8-14-22-19-17)7-9-20-10-12-21(13-11-20)18-5-3-2-4-6-18/h2-6,8,14,16H,7,9-13,15H2,1H3. The third-order valence-corrected chi connectivity index (χ3v) is 4.48. The number of aromatic nitrogens is 1. The van der Waals surface area contributed by atoms with E-state index in [-0.39, 0.29) is 0 Å². The van der Waals surface area contributed by atoms with E-state index in [4.69, 9.17) is 4.52 Å². The topological polar surface area (TPSA) is 32.5 Å². The van der Waals surface area contributed by atoms with Gasteiger partial charge in [-0.2, -0.15) is 0 Å². The van der Waals surface area contributed by atoms with Gasteiger partial charge in [-0.3, -0.25) is 4.90 Å². The van der Waals surface area contributed by atoms with Gasteiger partial charge in [0, 0.05) is 37.9 Å². The van der Waals surface area contributed by atoms with Crippen LogP contribution in [0.15, 0.2) is 47.2 Å². The van der Waals surface area contributed by atoms with Crippen LogP contribution in [0.5, 0.6) is 0 Å². The molecule has 1 aromatic heterocycles. The van der Waals surface area contributed by atoms with E-state index in [0.29, 0.717) is 5.92 Å². The van der Waals surface area contributed by atoms with Gasteiger partial charge >= 0.3 is 0 Å². The molecule has 4 heteroatoms. The Kier molecular flexibility index (Phi) is 5.11. The summed E-state index contributed by atoms with van der Waals surface area (Å²) in [5, 5.41) is 4.00. The van der Waals surface area contributed by atoms with Gasteiger partial charge in [0.1, 0.15) is 6.26 Å². The smallest absolute Gasteiger partial charge is 0.124 e. The summed E-state index contributed by atoms with van der Waals surface area (Å²) >= 11 is 0. The first-order valence-electron chi connectivity index (χ1n) is 8.23. The van der Waals surface area contributed by atoms with E-state index in [1.165, 1.54) is 18.7 Å². The molecule has 1 aromatic carbocycles. The zero-order chi connectivity index (χ0) is 15.2. The highest BCUT2D eigenvalue weighted by Crippen LogP contribution is 2.17. The van der Waals surface area contributed by atoms with E-state index in [9.17, 15) is 0 Å². The molecule has 0 amide bonds. The van der Waals surface area contributed by atoms with Crippen LogP contribution in [0.1, 0.15) is 19.0 Å². The van der Waals surface area contributed by atoms with Crippen LogP contribution >= 0.6 is 0 Å². The van der Waals surface area contributed by atoms with Gasteiger partial charge in [0.05, 0.1) is 5.69 Å². The van der Waals surface area contributed by atoms with Crippen molar-refractivity contribution in [3.05, 3.63) is 48.4 Å². The Hall–Kier alpha value is -1.81. The van der Waals surface area contributed by atoms with Crippen molar-refractivity contribution < 1.29 is 4.52 Å². The fourth-order valence-electron chi connectivity index (χ4n) is 3.07. The van der Waals surface area contributed by atoms with Crippen LogP contribution < -0.4 is 4.90 Å². The molecule has 2 heterocycles. The lowest BCUT2D eigenvalue weighted by molar-refractivity contribution is 0.240. The van der Waals surface area contributed by atoms with Crippen molar-refractivity contribution in [3.8, 4) is 0 Å². The van der Waals surface area contributed by atoms with Crippen LogP contribution in [-0.2, 0) is 6.42 Å². The van der Waals surface area contributed by atoms with Crippen molar-refractivity contribution in [3.63, 3.8) is 0 Å². The molecule has 0 bridgehead atoms. The Morgan fingerprint density at radius 2 is 1.86 bits per heavy atom. The van der Waals surface area contributed by atoms with E-state index in [0.717, 1.165) is 38.3 Å². The highest BCUT2D eigenvalue weighted by Gasteiger charge is 2.17. The number of nitrogens with zero attached hydrogens (tertiary/aromatic N) is 3. The van der Waals surface area contributed by atoms with Crippen LogP contribution in [0, 0.1) is 5.92 Å². The van der Waals surface area contributed by atoms with E-state index in [2.05, 4.69) is 52.2 Å². The summed E-state index contributed by atoms with van der Waals surface area (Å²) in [5.41, 5.74) is 2.42. The number of anilines is 1. The summed E-state index contributed by atoms with van der Waals surface area (Å²) in [6, 6.07) is 12.7. The zero-order valence-corrected chi connectivity index (χ0v) is 13.3. The van der Waals surface area contributed by atoms with Gasteiger partial charge in [-0.15, -0.1) is 0 Å². The Morgan fingerprint density at radius 3 is 2.55 bits per heavy atom. The minimum Gasteiger partial charge on any atom is -0.369 e. The molecule has 1 aliphatic heterocycles. The third-order valence-electron chi connectivity index (χ3n) is 4.48. The molecule has 0 spiro atoms. The lowest BCUT2D eigenvalue weighted by atomic mass is 10.0. The van der Waals surface area contributed by atoms with Crippen LogP contribution in [0.25, 0.3) is 0 Å². The Morgan fingerprint density at radius 1 is 1.09 bits per heavy atom. The molecule has 118 valence electrons. The molecule has 1 saturated heterocycles. The molecule has 1 atom stereocenters. The molecule has 2 aromatic rings. The van der Waals surface area contributed by atoms with Gasteiger partial charge < -0.3 is 9.42 Å². The first-order chi connectivity index (χ1) is 10.8. The molecule has 0 N–H and O–H groups in total. The molecule has 1 fully saturated rings. The molecule has 0 saturated carbocycles. The number of para-hydroxylation sites is 1. The fourth-order valence-corrected chi connectivity index (χ4v) is 3.07. The summed E-state index contributed by atoms with van der Waals surface area (Å²) in [6.45, 7) is 8.05. The van der Waals surface area contributed by atoms with E-state index < -0.39 is 0 Å². The van der Waals surface area contributed by atoms with Crippen molar-refractivity contribution in [1.82, 2.24) is 10.1 Å². The minimum absolute atomic E-state index is 0.650. The maximum absolute atomic E-state index is 4.90. The van der Waals surface area contributed by atoms with Gasteiger partial charge in [-0.05, 0) is 37.4 Å². The maximum Gasteiger partial charge on any atom is 0.124 e. The largest absolute Gasteiger partial charge is 0.369 e. The SMILES string of the molecule is CC(CCN1CCN(c2ccccc2)CC1)Cc1ccon1. The van der Waals surface area contributed by atoms with E-state index >= 15 is 0 Å². The van der Waals surface area contributed by atoms with E-state index in [1.54, 1.807) is 6.26 Å². The minimum atomic E-state index is 0.650. The number of rotatable bonds is 6. The number of hydrogen-bond donors (Lipinski definition) is 0. The summed E-state index contributed by atoms with van der Waals surface area (Å²) in [4.78, 5) is 5.06. The molecule has 3 rings (SSSR count). The highest BCUT2D eigenvalue weighted by molar-refractivity contribution is 5.46. The van der Waals surface area contributed by atoms with Gasteiger partial charge in [0.2, 0.25) is 0 Å². The lowest BCUT2D eigenvalue weighted by Gasteiger charge is -2.36. The zero-order valence-electron chi connectivity index (χ0n) is 13.3. The first-order valence-corrected chi connectivity index (χ1v) is 8.23. The van der Waals surface area contributed by atoms with Crippen molar-refractivity contribution >= 4 is 5.69 Å². The van der Waals surface area contributed by atoms with Crippen LogP contribution in [-0.4, -0.2) is 42.8 Å². The average Bonchev–Trinajstić information content (AvgIpc) is 3.07. The molecule has 1 unspecified atom stereocenters. The van der Waals surface area contributed by atoms with Gasteiger partial charge in [0.25, 0.3) is 0 Å². The van der Waals surface area contributed by atoms with E-state index in [1.807, 2.05) is 6.07 Å². The Balaban J connectivity index is 1.39. The third kappa shape index (κ3) is 4.10. The molecular weight excluding hydrogens is 274 g/mol. The number of hydrogen-bond acceptors (Lipinski definition) is 4. The predicted molar refractivity (Wildman–Crippen MR) is 89.1 cm³/mol. The molecule has 4 nitrogen and oxygen atoms in total. The predicted octanol–water partition coefficient (Wildman–Crippen LogP) is 3.07. The highest BCUT2D eigenvalue weighted by atomic mass is 16.5. The average molecular weight is 299 g/mol. The second-order valence-corrected chi connectivity index (χ2v) is 6.25. The quantitative estimate of drug-likeness (QED) is 0.820. The second-order valence-electron chi connectivity index (χ2n) is 6.25. The molecule has 0 radical (unpaired) electrons. The molecule has 22 heavy (non-hydrogen) atoms. The summed E-state index contributed by atoms with van der Waals surface area (Å²) in [6.07, 6.45) is 3.89. The van der Waals surface area contributed by atoms with Crippen molar-refractivity contribution in [1.29, 1.82) is 0 Å². The maximum atomic E-state index is 4.90.